The van der Waals surface area contributed by atoms with Gasteiger partial charge in [-0.25, -0.2) is 13.6 Å². The van der Waals surface area contributed by atoms with Gasteiger partial charge in [0.25, 0.3) is 5.91 Å². The fourth-order valence-electron chi connectivity index (χ4n) is 2.53. The van der Waals surface area contributed by atoms with Crippen molar-refractivity contribution >= 4 is 15.9 Å². The van der Waals surface area contributed by atoms with Crippen molar-refractivity contribution in [2.24, 2.45) is 5.14 Å². The van der Waals surface area contributed by atoms with Gasteiger partial charge in [-0.3, -0.25) is 4.79 Å². The molecule has 0 aromatic heterocycles. The number of primary sulfonamides is 1. The van der Waals surface area contributed by atoms with Crippen molar-refractivity contribution in [3.8, 4) is 11.1 Å². The van der Waals surface area contributed by atoms with Crippen LogP contribution in [0.15, 0.2) is 53.4 Å². The van der Waals surface area contributed by atoms with Crippen molar-refractivity contribution in [2.75, 3.05) is 26.8 Å². The third kappa shape index (κ3) is 4.66. The molecule has 2 N–H and O–H groups in total. The van der Waals surface area contributed by atoms with Crippen LogP contribution in [0, 0.1) is 0 Å². The molecule has 0 atom stereocenters. The Kier molecular flexibility index (Phi) is 6.30. The quantitative estimate of drug-likeness (QED) is 0.817. The summed E-state index contributed by atoms with van der Waals surface area (Å²) in [6.45, 7) is 3.48. The third-order valence-electron chi connectivity index (χ3n) is 3.87. The number of benzene rings is 2. The molecule has 0 bridgehead atoms. The summed E-state index contributed by atoms with van der Waals surface area (Å²) >= 11 is 0. The largest absolute Gasteiger partial charge is 0.383 e. The van der Waals surface area contributed by atoms with Gasteiger partial charge in [0.05, 0.1) is 11.5 Å². The lowest BCUT2D eigenvalue weighted by Crippen LogP contribution is -2.33. The zero-order valence-electron chi connectivity index (χ0n) is 14.3. The molecule has 25 heavy (non-hydrogen) atoms. The molecular weight excluding hydrogens is 340 g/mol. The Balaban J connectivity index is 2.31. The lowest BCUT2D eigenvalue weighted by atomic mass is 10.0. The van der Waals surface area contributed by atoms with E-state index in [-0.39, 0.29) is 10.8 Å². The van der Waals surface area contributed by atoms with E-state index in [4.69, 9.17) is 9.88 Å². The first-order valence-electron chi connectivity index (χ1n) is 7.89. The number of likely N-dealkylation sites (N-methyl/N-ethyl adjacent to an activating group) is 1. The smallest absolute Gasteiger partial charge is 0.253 e. The summed E-state index contributed by atoms with van der Waals surface area (Å²) in [5.41, 5.74) is 1.73. The van der Waals surface area contributed by atoms with E-state index < -0.39 is 10.0 Å². The molecule has 134 valence electrons. The number of methoxy groups -OCH3 is 1. The van der Waals surface area contributed by atoms with E-state index in [1.165, 1.54) is 6.07 Å². The highest BCUT2D eigenvalue weighted by atomic mass is 32.2. The maximum absolute atomic E-state index is 12.5. The molecule has 0 heterocycles. The van der Waals surface area contributed by atoms with Crippen LogP contribution in [0.4, 0.5) is 0 Å². The molecule has 0 aliphatic rings. The van der Waals surface area contributed by atoms with Crippen LogP contribution in [0.5, 0.6) is 0 Å². The van der Waals surface area contributed by atoms with Gasteiger partial charge in [-0.1, -0.05) is 30.3 Å². The number of carbonyl (C=O) groups excluding carboxylic acids is 1. The summed E-state index contributed by atoms with van der Waals surface area (Å²) < 4.78 is 28.5. The number of ether oxygens (including phenoxy) is 1. The van der Waals surface area contributed by atoms with Crippen LogP contribution >= 0.6 is 0 Å². The first-order chi connectivity index (χ1) is 11.9. The molecule has 0 saturated carbocycles. The van der Waals surface area contributed by atoms with Crippen molar-refractivity contribution in [2.45, 2.75) is 11.8 Å². The molecule has 0 aliphatic heterocycles. The molecule has 0 spiro atoms. The second-order valence-electron chi connectivity index (χ2n) is 5.50. The number of rotatable bonds is 7. The highest BCUT2D eigenvalue weighted by Crippen LogP contribution is 2.26. The monoisotopic (exact) mass is 362 g/mol. The van der Waals surface area contributed by atoms with E-state index in [2.05, 4.69) is 0 Å². The number of carbonyl (C=O) groups is 1. The Morgan fingerprint density at radius 3 is 2.32 bits per heavy atom. The van der Waals surface area contributed by atoms with Gasteiger partial charge in [0, 0.05) is 31.3 Å². The Labute approximate surface area is 148 Å². The van der Waals surface area contributed by atoms with E-state index in [0.717, 1.165) is 0 Å². The number of sulfonamides is 1. The molecule has 0 aliphatic carbocycles. The van der Waals surface area contributed by atoms with Gasteiger partial charge in [0.1, 0.15) is 0 Å². The SMILES string of the molecule is CCN(CCOC)C(=O)c1ccc(-c2ccccc2S(N)(=O)=O)cc1. The topological polar surface area (TPSA) is 89.7 Å². The lowest BCUT2D eigenvalue weighted by Gasteiger charge is -2.20. The third-order valence-corrected chi connectivity index (χ3v) is 4.84. The number of hydrogen-bond donors (Lipinski definition) is 1. The molecule has 1 amide bonds. The van der Waals surface area contributed by atoms with Crippen LogP contribution in [0.2, 0.25) is 0 Å². The number of hydrogen-bond acceptors (Lipinski definition) is 4. The van der Waals surface area contributed by atoms with E-state index in [9.17, 15) is 13.2 Å². The Bertz CT molecular complexity index is 832. The standard InChI is InChI=1S/C18H22N2O4S/c1-3-20(12-13-24-2)18(21)15-10-8-14(9-11-15)16-6-4-5-7-17(16)25(19,22)23/h4-11H,3,12-13H2,1-2H3,(H2,19,22,23). The van der Waals surface area contributed by atoms with Crippen LogP contribution in [0.25, 0.3) is 11.1 Å². The second kappa shape index (κ2) is 8.24. The van der Waals surface area contributed by atoms with Crippen molar-refractivity contribution in [3.05, 3.63) is 54.1 Å². The number of nitrogens with zero attached hydrogens (tertiary/aromatic N) is 1. The van der Waals surface area contributed by atoms with E-state index in [0.29, 0.717) is 36.4 Å². The minimum atomic E-state index is -3.82. The predicted molar refractivity (Wildman–Crippen MR) is 96.7 cm³/mol. The summed E-state index contributed by atoms with van der Waals surface area (Å²) in [5, 5.41) is 5.28. The highest BCUT2D eigenvalue weighted by Gasteiger charge is 2.16. The number of nitrogens with two attached hydrogens (primary N) is 1. The highest BCUT2D eigenvalue weighted by molar-refractivity contribution is 7.89. The van der Waals surface area contributed by atoms with E-state index in [1.807, 2.05) is 6.92 Å². The molecule has 7 heteroatoms. The molecule has 6 nitrogen and oxygen atoms in total. The maximum atomic E-state index is 12.5. The van der Waals surface area contributed by atoms with Crippen molar-refractivity contribution in [3.63, 3.8) is 0 Å². The van der Waals surface area contributed by atoms with Gasteiger partial charge in [-0.15, -0.1) is 0 Å². The zero-order valence-corrected chi connectivity index (χ0v) is 15.1. The summed E-state index contributed by atoms with van der Waals surface area (Å²) in [4.78, 5) is 14.3. The van der Waals surface area contributed by atoms with Crippen LogP contribution in [-0.2, 0) is 14.8 Å². The normalized spacial score (nSPS) is 11.3. The maximum Gasteiger partial charge on any atom is 0.253 e. The minimum absolute atomic E-state index is 0.0596. The van der Waals surface area contributed by atoms with Crippen molar-refractivity contribution < 1.29 is 17.9 Å². The second-order valence-corrected chi connectivity index (χ2v) is 7.03. The van der Waals surface area contributed by atoms with Gasteiger partial charge in [0.2, 0.25) is 10.0 Å². The average molecular weight is 362 g/mol. The minimum Gasteiger partial charge on any atom is -0.383 e. The fraction of sp³-hybridized carbons (Fsp3) is 0.278. The summed E-state index contributed by atoms with van der Waals surface area (Å²) in [5.74, 6) is -0.0918. The predicted octanol–water partition coefficient (Wildman–Crippen LogP) is 2.11. The molecule has 2 aromatic rings. The molecule has 0 radical (unpaired) electrons. The van der Waals surface area contributed by atoms with Gasteiger partial charge < -0.3 is 9.64 Å². The van der Waals surface area contributed by atoms with Crippen LogP contribution in [0.3, 0.4) is 0 Å². The van der Waals surface area contributed by atoms with Crippen LogP contribution in [0.1, 0.15) is 17.3 Å². The molecule has 2 rings (SSSR count). The number of amides is 1. The van der Waals surface area contributed by atoms with Crippen LogP contribution in [-0.4, -0.2) is 46.0 Å². The van der Waals surface area contributed by atoms with Gasteiger partial charge in [-0.2, -0.15) is 0 Å². The first-order valence-corrected chi connectivity index (χ1v) is 9.43. The Morgan fingerprint density at radius 1 is 1.12 bits per heavy atom. The molecular formula is C18H22N2O4S. The molecule has 0 saturated heterocycles. The summed E-state index contributed by atoms with van der Waals surface area (Å²) in [6.07, 6.45) is 0. The van der Waals surface area contributed by atoms with Gasteiger partial charge >= 0.3 is 0 Å². The summed E-state index contributed by atoms with van der Waals surface area (Å²) in [7, 11) is -2.23. The lowest BCUT2D eigenvalue weighted by molar-refractivity contribution is 0.0706. The Morgan fingerprint density at radius 2 is 1.76 bits per heavy atom. The van der Waals surface area contributed by atoms with Crippen molar-refractivity contribution in [1.82, 2.24) is 4.90 Å². The van der Waals surface area contributed by atoms with E-state index >= 15 is 0 Å². The fourth-order valence-corrected chi connectivity index (χ4v) is 3.29. The van der Waals surface area contributed by atoms with E-state index in [1.54, 1.807) is 54.5 Å². The summed E-state index contributed by atoms with van der Waals surface area (Å²) in [6, 6.07) is 13.3. The zero-order chi connectivity index (χ0) is 18.4. The van der Waals surface area contributed by atoms with Crippen LogP contribution < -0.4 is 5.14 Å². The van der Waals surface area contributed by atoms with Gasteiger partial charge in [0.15, 0.2) is 0 Å². The molecule has 0 unspecified atom stereocenters. The van der Waals surface area contributed by atoms with Crippen molar-refractivity contribution in [1.29, 1.82) is 0 Å². The Hall–Kier alpha value is -2.22. The molecule has 0 fully saturated rings. The van der Waals surface area contributed by atoms with Gasteiger partial charge in [-0.05, 0) is 30.7 Å². The molecule has 2 aromatic carbocycles. The average Bonchev–Trinajstić information content (AvgIpc) is 2.61. The first kappa shape index (κ1) is 19.1.